The average Bonchev–Trinajstić information content (AvgIpc) is 2.55. The molecule has 0 saturated heterocycles. The SMILES string of the molecule is NC(=NO)c1cnc(Oc2cccc3ccccc23)cn1. The maximum Gasteiger partial charge on any atom is 0.237 e. The molecule has 3 aromatic rings. The molecule has 1 aromatic heterocycles. The number of oxime groups is 1. The molecule has 6 nitrogen and oxygen atoms in total. The molecule has 0 aliphatic heterocycles. The number of nitrogens with zero attached hydrogens (tertiary/aromatic N) is 3. The van der Waals surface area contributed by atoms with E-state index in [-0.39, 0.29) is 11.5 Å². The quantitative estimate of drug-likeness (QED) is 0.333. The second kappa shape index (κ2) is 5.46. The van der Waals surface area contributed by atoms with E-state index in [0.717, 1.165) is 10.8 Å². The second-order valence-corrected chi connectivity index (χ2v) is 4.30. The molecule has 0 aliphatic rings. The molecular weight excluding hydrogens is 268 g/mol. The van der Waals surface area contributed by atoms with Crippen LogP contribution in [-0.4, -0.2) is 21.0 Å². The van der Waals surface area contributed by atoms with Crippen LogP contribution in [0.5, 0.6) is 11.6 Å². The Morgan fingerprint density at radius 1 is 1.05 bits per heavy atom. The minimum Gasteiger partial charge on any atom is -0.437 e. The van der Waals surface area contributed by atoms with Gasteiger partial charge < -0.3 is 15.7 Å². The second-order valence-electron chi connectivity index (χ2n) is 4.30. The summed E-state index contributed by atoms with van der Waals surface area (Å²) in [5.74, 6) is 0.930. The van der Waals surface area contributed by atoms with Crippen LogP contribution in [0.1, 0.15) is 5.69 Å². The van der Waals surface area contributed by atoms with Crippen molar-refractivity contribution in [1.29, 1.82) is 0 Å². The Morgan fingerprint density at radius 2 is 1.86 bits per heavy atom. The summed E-state index contributed by atoms with van der Waals surface area (Å²) in [5.41, 5.74) is 5.71. The number of fused-ring (bicyclic) bond motifs is 1. The Labute approximate surface area is 120 Å². The predicted molar refractivity (Wildman–Crippen MR) is 78.6 cm³/mol. The van der Waals surface area contributed by atoms with Crippen LogP contribution in [0.4, 0.5) is 0 Å². The van der Waals surface area contributed by atoms with E-state index in [1.54, 1.807) is 0 Å². The van der Waals surface area contributed by atoms with Crippen molar-refractivity contribution in [2.45, 2.75) is 0 Å². The molecule has 0 aliphatic carbocycles. The average molecular weight is 280 g/mol. The summed E-state index contributed by atoms with van der Waals surface area (Å²) < 4.78 is 5.74. The summed E-state index contributed by atoms with van der Waals surface area (Å²) in [5, 5.41) is 13.5. The summed E-state index contributed by atoms with van der Waals surface area (Å²) in [6.07, 6.45) is 2.81. The van der Waals surface area contributed by atoms with Crippen molar-refractivity contribution in [3.05, 3.63) is 60.6 Å². The fourth-order valence-electron chi connectivity index (χ4n) is 1.95. The van der Waals surface area contributed by atoms with Crippen LogP contribution in [0, 0.1) is 0 Å². The molecule has 1 heterocycles. The third-order valence-electron chi connectivity index (χ3n) is 2.96. The van der Waals surface area contributed by atoms with Gasteiger partial charge in [0.2, 0.25) is 5.88 Å². The van der Waals surface area contributed by atoms with Gasteiger partial charge >= 0.3 is 0 Å². The highest BCUT2D eigenvalue weighted by molar-refractivity contribution is 5.94. The summed E-state index contributed by atoms with van der Waals surface area (Å²) in [6, 6.07) is 13.7. The monoisotopic (exact) mass is 280 g/mol. The van der Waals surface area contributed by atoms with Crippen molar-refractivity contribution >= 4 is 16.6 Å². The predicted octanol–water partition coefficient (Wildman–Crippen LogP) is 2.52. The van der Waals surface area contributed by atoms with Gasteiger partial charge in [0.05, 0.1) is 12.4 Å². The minimum absolute atomic E-state index is 0.0980. The van der Waals surface area contributed by atoms with Crippen LogP contribution in [0.15, 0.2) is 60.0 Å². The van der Waals surface area contributed by atoms with Crippen molar-refractivity contribution < 1.29 is 9.94 Å². The number of aromatic nitrogens is 2. The highest BCUT2D eigenvalue weighted by Crippen LogP contribution is 2.28. The van der Waals surface area contributed by atoms with Crippen molar-refractivity contribution in [2.24, 2.45) is 10.9 Å². The van der Waals surface area contributed by atoms with E-state index in [1.807, 2.05) is 42.5 Å². The Hall–Kier alpha value is -3.15. The topological polar surface area (TPSA) is 93.6 Å². The van der Waals surface area contributed by atoms with Gasteiger partial charge in [0.1, 0.15) is 11.4 Å². The number of rotatable bonds is 3. The van der Waals surface area contributed by atoms with Gasteiger partial charge in [0, 0.05) is 5.39 Å². The fourth-order valence-corrected chi connectivity index (χ4v) is 1.95. The van der Waals surface area contributed by atoms with Crippen molar-refractivity contribution in [3.63, 3.8) is 0 Å². The normalized spacial score (nSPS) is 11.5. The third kappa shape index (κ3) is 2.59. The highest BCUT2D eigenvalue weighted by atomic mass is 16.5. The lowest BCUT2D eigenvalue weighted by molar-refractivity contribution is 0.318. The molecule has 0 bridgehead atoms. The van der Waals surface area contributed by atoms with E-state index in [0.29, 0.717) is 11.6 Å². The summed E-state index contributed by atoms with van der Waals surface area (Å²) in [4.78, 5) is 8.12. The number of benzene rings is 2. The minimum atomic E-state index is -0.0980. The van der Waals surface area contributed by atoms with Crippen molar-refractivity contribution in [3.8, 4) is 11.6 Å². The zero-order valence-electron chi connectivity index (χ0n) is 11.0. The van der Waals surface area contributed by atoms with Gasteiger partial charge in [-0.25, -0.2) is 9.97 Å². The summed E-state index contributed by atoms with van der Waals surface area (Å²) in [6.45, 7) is 0. The smallest absolute Gasteiger partial charge is 0.237 e. The van der Waals surface area contributed by atoms with E-state index in [4.69, 9.17) is 15.7 Å². The molecule has 2 aromatic carbocycles. The number of amidine groups is 1. The maximum atomic E-state index is 8.58. The Balaban J connectivity index is 1.92. The lowest BCUT2D eigenvalue weighted by Gasteiger charge is -2.08. The molecule has 0 saturated carbocycles. The molecular formula is C15H12N4O2. The lowest BCUT2D eigenvalue weighted by Crippen LogP contribution is -2.15. The largest absolute Gasteiger partial charge is 0.437 e. The molecule has 0 unspecified atom stereocenters. The van der Waals surface area contributed by atoms with Crippen LogP contribution in [0.2, 0.25) is 0 Å². The van der Waals surface area contributed by atoms with Gasteiger partial charge in [-0.15, -0.1) is 0 Å². The summed E-state index contributed by atoms with van der Waals surface area (Å²) in [7, 11) is 0. The van der Waals surface area contributed by atoms with Crippen LogP contribution in [0.3, 0.4) is 0 Å². The maximum absolute atomic E-state index is 8.58. The fraction of sp³-hybridized carbons (Fsp3) is 0. The van der Waals surface area contributed by atoms with Crippen molar-refractivity contribution in [2.75, 3.05) is 0 Å². The molecule has 3 rings (SSSR count). The van der Waals surface area contributed by atoms with Gasteiger partial charge in [0.15, 0.2) is 5.84 Å². The standard InChI is InChI=1S/C15H12N4O2/c16-15(19-20)12-8-18-14(9-17-12)21-13-7-3-5-10-4-1-2-6-11(10)13/h1-9,20H,(H2,16,19). The zero-order chi connectivity index (χ0) is 14.7. The first-order valence-corrected chi connectivity index (χ1v) is 6.23. The van der Waals surface area contributed by atoms with Gasteiger partial charge in [-0.05, 0) is 11.5 Å². The number of nitrogens with two attached hydrogens (primary N) is 1. The van der Waals surface area contributed by atoms with Crippen LogP contribution in [0.25, 0.3) is 10.8 Å². The van der Waals surface area contributed by atoms with Crippen LogP contribution in [-0.2, 0) is 0 Å². The first-order chi connectivity index (χ1) is 10.3. The third-order valence-corrected chi connectivity index (χ3v) is 2.96. The van der Waals surface area contributed by atoms with E-state index >= 15 is 0 Å². The summed E-state index contributed by atoms with van der Waals surface area (Å²) >= 11 is 0. The zero-order valence-corrected chi connectivity index (χ0v) is 11.0. The van der Waals surface area contributed by atoms with Gasteiger partial charge in [-0.2, -0.15) is 0 Å². The van der Waals surface area contributed by atoms with Crippen molar-refractivity contribution in [1.82, 2.24) is 9.97 Å². The van der Waals surface area contributed by atoms with Gasteiger partial charge in [-0.1, -0.05) is 41.6 Å². The molecule has 0 radical (unpaired) electrons. The molecule has 21 heavy (non-hydrogen) atoms. The first kappa shape index (κ1) is 12.9. The number of hydrogen-bond acceptors (Lipinski definition) is 5. The Bertz CT molecular complexity index is 795. The number of hydrogen-bond donors (Lipinski definition) is 2. The lowest BCUT2D eigenvalue weighted by atomic mass is 10.1. The molecule has 0 amide bonds. The Kier molecular flexibility index (Phi) is 3.34. The number of ether oxygens (including phenoxy) is 1. The van der Waals surface area contributed by atoms with Gasteiger partial charge in [-0.3, -0.25) is 0 Å². The highest BCUT2D eigenvalue weighted by Gasteiger charge is 2.06. The molecule has 104 valence electrons. The van der Waals surface area contributed by atoms with E-state index < -0.39 is 0 Å². The Morgan fingerprint density at radius 3 is 2.62 bits per heavy atom. The van der Waals surface area contributed by atoms with Gasteiger partial charge in [0.25, 0.3) is 0 Å². The molecule has 6 heteroatoms. The van der Waals surface area contributed by atoms with E-state index in [9.17, 15) is 0 Å². The molecule has 3 N–H and O–H groups in total. The van der Waals surface area contributed by atoms with E-state index in [1.165, 1.54) is 12.4 Å². The molecule has 0 atom stereocenters. The van der Waals surface area contributed by atoms with Crippen LogP contribution >= 0.6 is 0 Å². The van der Waals surface area contributed by atoms with Crippen LogP contribution < -0.4 is 10.5 Å². The molecule has 0 fully saturated rings. The molecule has 0 spiro atoms. The first-order valence-electron chi connectivity index (χ1n) is 6.23. The van der Waals surface area contributed by atoms with E-state index in [2.05, 4.69) is 15.1 Å².